The third-order valence-corrected chi connectivity index (χ3v) is 6.46. The third kappa shape index (κ3) is 4.00. The molecule has 0 radical (unpaired) electrons. The molecular formula is C15H19BrN4O2S. The minimum absolute atomic E-state index is 0.354. The Morgan fingerprint density at radius 2 is 1.74 bits per heavy atom. The molecule has 23 heavy (non-hydrogen) atoms. The molecule has 124 valence electrons. The van der Waals surface area contributed by atoms with Crippen molar-refractivity contribution in [3.63, 3.8) is 0 Å². The van der Waals surface area contributed by atoms with Crippen molar-refractivity contribution >= 4 is 26.0 Å². The highest BCUT2D eigenvalue weighted by Gasteiger charge is 2.28. The number of benzene rings is 1. The van der Waals surface area contributed by atoms with Crippen LogP contribution in [0.25, 0.3) is 0 Å². The van der Waals surface area contributed by atoms with Gasteiger partial charge in [0.05, 0.1) is 11.2 Å². The Labute approximate surface area is 144 Å². The molecule has 0 saturated carbocycles. The average molecular weight is 399 g/mol. The summed E-state index contributed by atoms with van der Waals surface area (Å²) in [4.78, 5) is 6.66. The van der Waals surface area contributed by atoms with E-state index >= 15 is 0 Å². The van der Waals surface area contributed by atoms with Gasteiger partial charge in [-0.25, -0.2) is 13.4 Å². The van der Waals surface area contributed by atoms with E-state index in [2.05, 4.69) is 25.8 Å². The standard InChI is InChI=1S/C15H19BrN4O2S/c16-14-1-3-15(4-2-14)23(21,22)20-11-9-18(10-12-20)7-8-19-6-5-17-13-19/h1-6,13H,7-12H2. The van der Waals surface area contributed by atoms with Crippen molar-refractivity contribution in [1.82, 2.24) is 18.8 Å². The molecule has 2 heterocycles. The van der Waals surface area contributed by atoms with E-state index < -0.39 is 10.0 Å². The third-order valence-electron chi connectivity index (χ3n) is 4.02. The van der Waals surface area contributed by atoms with Crippen molar-refractivity contribution in [2.24, 2.45) is 0 Å². The quantitative estimate of drug-likeness (QED) is 0.768. The predicted octanol–water partition coefficient (Wildman–Crippen LogP) is 1.65. The summed E-state index contributed by atoms with van der Waals surface area (Å²) in [6.45, 7) is 4.35. The van der Waals surface area contributed by atoms with Gasteiger partial charge >= 0.3 is 0 Å². The van der Waals surface area contributed by atoms with Gasteiger partial charge in [-0.05, 0) is 24.3 Å². The fourth-order valence-electron chi connectivity index (χ4n) is 2.63. The first kappa shape index (κ1) is 16.6. The van der Waals surface area contributed by atoms with E-state index in [9.17, 15) is 8.42 Å². The van der Waals surface area contributed by atoms with E-state index in [-0.39, 0.29) is 0 Å². The van der Waals surface area contributed by atoms with Crippen LogP contribution in [-0.2, 0) is 16.6 Å². The van der Waals surface area contributed by atoms with Gasteiger partial charge in [-0.1, -0.05) is 15.9 Å². The number of sulfonamides is 1. The average Bonchev–Trinajstić information content (AvgIpc) is 3.07. The van der Waals surface area contributed by atoms with E-state index in [0.29, 0.717) is 18.0 Å². The van der Waals surface area contributed by atoms with Crippen LogP contribution in [0.4, 0.5) is 0 Å². The second-order valence-corrected chi connectivity index (χ2v) is 8.35. The minimum atomic E-state index is -3.39. The summed E-state index contributed by atoms with van der Waals surface area (Å²) < 4.78 is 29.7. The molecule has 3 rings (SSSR count). The monoisotopic (exact) mass is 398 g/mol. The Bertz CT molecular complexity index is 723. The lowest BCUT2D eigenvalue weighted by atomic mass is 10.3. The maximum Gasteiger partial charge on any atom is 0.243 e. The van der Waals surface area contributed by atoms with Crippen molar-refractivity contribution in [1.29, 1.82) is 0 Å². The Kier molecular flexibility index (Phi) is 5.15. The van der Waals surface area contributed by atoms with Gasteiger partial charge in [0, 0.05) is 56.1 Å². The van der Waals surface area contributed by atoms with Crippen LogP contribution in [0.3, 0.4) is 0 Å². The molecule has 2 aromatic rings. The van der Waals surface area contributed by atoms with Crippen LogP contribution in [0.1, 0.15) is 0 Å². The van der Waals surface area contributed by atoms with Gasteiger partial charge in [-0.15, -0.1) is 0 Å². The van der Waals surface area contributed by atoms with E-state index in [1.54, 1.807) is 41.1 Å². The van der Waals surface area contributed by atoms with E-state index in [0.717, 1.165) is 30.7 Å². The Hall–Kier alpha value is -1.22. The number of nitrogens with zero attached hydrogens (tertiary/aromatic N) is 4. The van der Waals surface area contributed by atoms with Crippen LogP contribution in [0, 0.1) is 0 Å². The molecule has 1 aromatic carbocycles. The fourth-order valence-corrected chi connectivity index (χ4v) is 4.31. The highest BCUT2D eigenvalue weighted by molar-refractivity contribution is 9.10. The molecule has 1 fully saturated rings. The Balaban J connectivity index is 1.56. The normalized spacial score (nSPS) is 17.4. The van der Waals surface area contributed by atoms with Gasteiger partial charge in [-0.2, -0.15) is 4.31 Å². The first-order chi connectivity index (χ1) is 11.1. The van der Waals surface area contributed by atoms with Crippen LogP contribution >= 0.6 is 15.9 Å². The maximum absolute atomic E-state index is 12.6. The zero-order chi connectivity index (χ0) is 16.3. The Morgan fingerprint density at radius 3 is 2.35 bits per heavy atom. The largest absolute Gasteiger partial charge is 0.336 e. The van der Waals surface area contributed by atoms with Crippen molar-refractivity contribution in [3.8, 4) is 0 Å². The second kappa shape index (κ2) is 7.12. The van der Waals surface area contributed by atoms with Crippen LogP contribution in [0.2, 0.25) is 0 Å². The lowest BCUT2D eigenvalue weighted by Crippen LogP contribution is -2.49. The molecule has 1 aliphatic heterocycles. The fraction of sp³-hybridized carbons (Fsp3) is 0.400. The number of aromatic nitrogens is 2. The number of imidazole rings is 1. The summed E-state index contributed by atoms with van der Waals surface area (Å²) in [6, 6.07) is 6.80. The van der Waals surface area contributed by atoms with Gasteiger partial charge in [0.1, 0.15) is 0 Å². The maximum atomic E-state index is 12.6. The van der Waals surface area contributed by atoms with Gasteiger partial charge in [-0.3, -0.25) is 4.90 Å². The molecule has 0 amide bonds. The smallest absolute Gasteiger partial charge is 0.243 e. The second-order valence-electron chi connectivity index (χ2n) is 5.50. The number of hydrogen-bond donors (Lipinski definition) is 0. The minimum Gasteiger partial charge on any atom is -0.336 e. The highest BCUT2D eigenvalue weighted by atomic mass is 79.9. The summed E-state index contributed by atoms with van der Waals surface area (Å²) >= 11 is 3.33. The van der Waals surface area contributed by atoms with Crippen molar-refractivity contribution in [2.45, 2.75) is 11.4 Å². The zero-order valence-electron chi connectivity index (χ0n) is 12.7. The Morgan fingerprint density at radius 1 is 1.04 bits per heavy atom. The van der Waals surface area contributed by atoms with Crippen molar-refractivity contribution in [2.75, 3.05) is 32.7 Å². The molecule has 1 aliphatic rings. The molecule has 1 saturated heterocycles. The van der Waals surface area contributed by atoms with E-state index in [1.807, 2.05) is 10.8 Å². The van der Waals surface area contributed by atoms with Crippen molar-refractivity contribution < 1.29 is 8.42 Å². The molecule has 0 spiro atoms. The van der Waals surface area contributed by atoms with Gasteiger partial charge in [0.25, 0.3) is 0 Å². The molecule has 0 atom stereocenters. The molecule has 1 aromatic heterocycles. The lowest BCUT2D eigenvalue weighted by Gasteiger charge is -2.34. The number of halogens is 1. The summed E-state index contributed by atoms with van der Waals surface area (Å²) in [6.07, 6.45) is 5.51. The van der Waals surface area contributed by atoms with Crippen LogP contribution in [-0.4, -0.2) is 59.9 Å². The molecule has 6 nitrogen and oxygen atoms in total. The predicted molar refractivity (Wildman–Crippen MR) is 91.6 cm³/mol. The lowest BCUT2D eigenvalue weighted by molar-refractivity contribution is 0.183. The summed E-state index contributed by atoms with van der Waals surface area (Å²) in [5.41, 5.74) is 0. The molecule has 0 N–H and O–H groups in total. The van der Waals surface area contributed by atoms with Crippen LogP contribution in [0.15, 0.2) is 52.4 Å². The van der Waals surface area contributed by atoms with Crippen LogP contribution < -0.4 is 0 Å². The van der Waals surface area contributed by atoms with E-state index in [1.165, 1.54) is 0 Å². The number of piperazine rings is 1. The van der Waals surface area contributed by atoms with Crippen molar-refractivity contribution in [3.05, 3.63) is 47.5 Å². The molecule has 0 bridgehead atoms. The summed E-state index contributed by atoms with van der Waals surface area (Å²) in [5, 5.41) is 0. The van der Waals surface area contributed by atoms with Gasteiger partial charge in [0.15, 0.2) is 0 Å². The summed E-state index contributed by atoms with van der Waals surface area (Å²) in [7, 11) is -3.39. The zero-order valence-corrected chi connectivity index (χ0v) is 15.1. The van der Waals surface area contributed by atoms with Crippen LogP contribution in [0.5, 0.6) is 0 Å². The molecule has 0 aliphatic carbocycles. The first-order valence-corrected chi connectivity index (χ1v) is 9.73. The van der Waals surface area contributed by atoms with Gasteiger partial charge in [0.2, 0.25) is 10.0 Å². The summed E-state index contributed by atoms with van der Waals surface area (Å²) in [5.74, 6) is 0. The molecular weight excluding hydrogens is 380 g/mol. The van der Waals surface area contributed by atoms with Gasteiger partial charge < -0.3 is 4.57 Å². The number of hydrogen-bond acceptors (Lipinski definition) is 4. The molecule has 8 heteroatoms. The van der Waals surface area contributed by atoms with E-state index in [4.69, 9.17) is 0 Å². The number of rotatable bonds is 5. The first-order valence-electron chi connectivity index (χ1n) is 7.49. The topological polar surface area (TPSA) is 58.4 Å². The SMILES string of the molecule is O=S(=O)(c1ccc(Br)cc1)N1CCN(CCn2ccnc2)CC1. The molecule has 0 unspecified atom stereocenters. The highest BCUT2D eigenvalue weighted by Crippen LogP contribution is 2.20.